The third-order valence-corrected chi connectivity index (χ3v) is 10.4. The average molecular weight is 633 g/mol. The third kappa shape index (κ3) is 4.77. The van der Waals surface area contributed by atoms with E-state index in [4.69, 9.17) is 0 Å². The summed E-state index contributed by atoms with van der Waals surface area (Å²) in [5.41, 5.74) is 9.88. The van der Waals surface area contributed by atoms with Crippen LogP contribution in [-0.2, 0) is 0 Å². The summed E-state index contributed by atoms with van der Waals surface area (Å²) in [6, 6.07) is 71.3. The summed E-state index contributed by atoms with van der Waals surface area (Å²) < 4.78 is 0. The Morgan fingerprint density at radius 1 is 0.180 bits per heavy atom. The smallest absolute Gasteiger partial charge is 0.00926 e. The fourth-order valence-corrected chi connectivity index (χ4v) is 7.89. The fourth-order valence-electron chi connectivity index (χ4n) is 7.89. The molecular weight excluding hydrogens is 601 g/mol. The first-order chi connectivity index (χ1) is 24.8. The zero-order chi connectivity index (χ0) is 33.0. The Bertz CT molecular complexity index is 2910. The second-order valence-corrected chi connectivity index (χ2v) is 13.3. The first kappa shape index (κ1) is 28.5. The highest BCUT2D eigenvalue weighted by Gasteiger charge is 2.12. The van der Waals surface area contributed by atoms with Crippen LogP contribution in [0.1, 0.15) is 0 Å². The summed E-state index contributed by atoms with van der Waals surface area (Å²) in [5.74, 6) is 0. The molecule has 0 bridgehead atoms. The van der Waals surface area contributed by atoms with Crippen LogP contribution in [0.5, 0.6) is 0 Å². The summed E-state index contributed by atoms with van der Waals surface area (Å²) in [7, 11) is 0. The van der Waals surface area contributed by atoms with Gasteiger partial charge in [-0.15, -0.1) is 0 Å². The second-order valence-electron chi connectivity index (χ2n) is 13.3. The van der Waals surface area contributed by atoms with E-state index in [0.29, 0.717) is 0 Å². The minimum Gasteiger partial charge on any atom is -0.0622 e. The molecule has 0 heterocycles. The summed E-state index contributed by atoms with van der Waals surface area (Å²) in [5, 5.41) is 12.8. The Hall–Kier alpha value is -6.50. The van der Waals surface area contributed by atoms with E-state index in [-0.39, 0.29) is 0 Å². The number of fused-ring (bicyclic) bond motifs is 8. The molecule has 0 spiro atoms. The highest BCUT2D eigenvalue weighted by molar-refractivity contribution is 6.26. The fraction of sp³-hybridized carbons (Fsp3) is 0. The van der Waals surface area contributed by atoms with Crippen molar-refractivity contribution in [2.45, 2.75) is 0 Å². The van der Waals surface area contributed by atoms with Crippen LogP contribution in [0.4, 0.5) is 0 Å². The van der Waals surface area contributed by atoms with Crippen molar-refractivity contribution in [1.82, 2.24) is 0 Å². The highest BCUT2D eigenvalue weighted by atomic mass is 14.2. The van der Waals surface area contributed by atoms with Crippen LogP contribution in [-0.4, -0.2) is 0 Å². The first-order valence-electron chi connectivity index (χ1n) is 17.3. The molecule has 0 heteroatoms. The van der Waals surface area contributed by atoms with Gasteiger partial charge in [0.2, 0.25) is 0 Å². The second kappa shape index (κ2) is 11.6. The molecule has 232 valence electrons. The molecule has 0 aliphatic heterocycles. The van der Waals surface area contributed by atoms with E-state index in [0.717, 1.165) is 0 Å². The molecule has 0 aliphatic rings. The third-order valence-electron chi connectivity index (χ3n) is 10.4. The lowest BCUT2D eigenvalue weighted by Gasteiger charge is -2.14. The monoisotopic (exact) mass is 632 g/mol. The van der Waals surface area contributed by atoms with Crippen LogP contribution in [0.25, 0.3) is 98.4 Å². The van der Waals surface area contributed by atoms with Gasteiger partial charge in [0.1, 0.15) is 0 Å². The summed E-state index contributed by atoms with van der Waals surface area (Å²) in [6.45, 7) is 0. The largest absolute Gasteiger partial charge is 0.0622 e. The van der Waals surface area contributed by atoms with Crippen molar-refractivity contribution in [3.8, 4) is 44.5 Å². The van der Waals surface area contributed by atoms with Gasteiger partial charge in [-0.25, -0.2) is 0 Å². The van der Waals surface area contributed by atoms with Crippen molar-refractivity contribution < 1.29 is 0 Å². The number of hydrogen-bond donors (Lipinski definition) is 0. The Labute approximate surface area is 291 Å². The molecule has 10 aromatic rings. The zero-order valence-electron chi connectivity index (χ0n) is 27.5. The molecule has 0 radical (unpaired) electrons. The van der Waals surface area contributed by atoms with Crippen molar-refractivity contribution in [3.63, 3.8) is 0 Å². The molecule has 50 heavy (non-hydrogen) atoms. The van der Waals surface area contributed by atoms with Crippen LogP contribution < -0.4 is 0 Å². The predicted octanol–water partition coefficient (Wildman–Crippen LogP) is 14.1. The minimum absolute atomic E-state index is 1.22. The van der Waals surface area contributed by atoms with Gasteiger partial charge >= 0.3 is 0 Å². The van der Waals surface area contributed by atoms with Gasteiger partial charge in [0.25, 0.3) is 0 Å². The number of benzene rings is 10. The molecule has 0 saturated heterocycles. The van der Waals surface area contributed by atoms with E-state index in [2.05, 4.69) is 194 Å². The Morgan fingerprint density at radius 3 is 1.32 bits per heavy atom. The average Bonchev–Trinajstić information content (AvgIpc) is 3.20. The standard InChI is InChI=1S/C50H32/c1-2-10-33(11-3-1)40-24-26-47-45-17-6-7-18-46(45)48-27-25-41(32-50(48)49(47)31-40)36-15-8-14-35(28-36)37-20-21-39-30-42(23-22-38(39)29-37)44-19-9-13-34-12-4-5-16-43(34)44/h1-32H. The maximum atomic E-state index is 2.40. The number of rotatable bonds is 4. The summed E-state index contributed by atoms with van der Waals surface area (Å²) >= 11 is 0. The summed E-state index contributed by atoms with van der Waals surface area (Å²) in [4.78, 5) is 0. The molecule has 0 atom stereocenters. The maximum absolute atomic E-state index is 2.40. The van der Waals surface area contributed by atoms with Gasteiger partial charge in [0, 0.05) is 0 Å². The first-order valence-corrected chi connectivity index (χ1v) is 17.3. The Kier molecular flexibility index (Phi) is 6.60. The molecule has 0 N–H and O–H groups in total. The predicted molar refractivity (Wildman–Crippen MR) is 216 cm³/mol. The van der Waals surface area contributed by atoms with E-state index in [1.54, 1.807) is 0 Å². The van der Waals surface area contributed by atoms with Crippen molar-refractivity contribution in [2.75, 3.05) is 0 Å². The normalized spacial score (nSPS) is 11.6. The highest BCUT2D eigenvalue weighted by Crippen LogP contribution is 2.40. The van der Waals surface area contributed by atoms with Crippen LogP contribution in [0.3, 0.4) is 0 Å². The van der Waals surface area contributed by atoms with Gasteiger partial charge < -0.3 is 0 Å². The van der Waals surface area contributed by atoms with Gasteiger partial charge in [-0.3, -0.25) is 0 Å². The van der Waals surface area contributed by atoms with E-state index >= 15 is 0 Å². The Balaban J connectivity index is 1.07. The quantitative estimate of drug-likeness (QED) is 0.169. The molecule has 0 aromatic heterocycles. The molecular formula is C50H32. The van der Waals surface area contributed by atoms with Gasteiger partial charge in [-0.2, -0.15) is 0 Å². The van der Waals surface area contributed by atoms with Gasteiger partial charge in [-0.05, 0) is 129 Å². The molecule has 0 nitrogen and oxygen atoms in total. The molecule has 0 amide bonds. The lowest BCUT2D eigenvalue weighted by Crippen LogP contribution is -1.87. The zero-order valence-corrected chi connectivity index (χ0v) is 27.5. The molecule has 0 aliphatic carbocycles. The molecule has 0 fully saturated rings. The van der Waals surface area contributed by atoms with E-state index in [1.165, 1.54) is 98.4 Å². The SMILES string of the molecule is c1ccc(-c2ccc3c4ccccc4c4ccc(-c5cccc(-c6ccc7cc(-c8cccc9ccccc89)ccc7c6)c5)cc4c3c2)cc1. The van der Waals surface area contributed by atoms with Crippen LogP contribution in [0.15, 0.2) is 194 Å². The molecule has 0 unspecified atom stereocenters. The van der Waals surface area contributed by atoms with Crippen LogP contribution in [0, 0.1) is 0 Å². The van der Waals surface area contributed by atoms with Crippen molar-refractivity contribution in [1.29, 1.82) is 0 Å². The van der Waals surface area contributed by atoms with Crippen molar-refractivity contribution in [2.24, 2.45) is 0 Å². The van der Waals surface area contributed by atoms with E-state index in [9.17, 15) is 0 Å². The van der Waals surface area contributed by atoms with Gasteiger partial charge in [0.05, 0.1) is 0 Å². The van der Waals surface area contributed by atoms with Crippen molar-refractivity contribution >= 4 is 53.9 Å². The van der Waals surface area contributed by atoms with Crippen LogP contribution >= 0.6 is 0 Å². The summed E-state index contributed by atoms with van der Waals surface area (Å²) in [6.07, 6.45) is 0. The Morgan fingerprint density at radius 2 is 0.620 bits per heavy atom. The van der Waals surface area contributed by atoms with E-state index in [1.807, 2.05) is 0 Å². The van der Waals surface area contributed by atoms with Gasteiger partial charge in [0.15, 0.2) is 0 Å². The van der Waals surface area contributed by atoms with Gasteiger partial charge in [-0.1, -0.05) is 164 Å². The topological polar surface area (TPSA) is 0 Å². The van der Waals surface area contributed by atoms with Crippen LogP contribution in [0.2, 0.25) is 0 Å². The molecule has 0 saturated carbocycles. The van der Waals surface area contributed by atoms with E-state index < -0.39 is 0 Å². The lowest BCUT2D eigenvalue weighted by atomic mass is 9.90. The number of hydrogen-bond acceptors (Lipinski definition) is 0. The molecule has 10 rings (SSSR count). The lowest BCUT2D eigenvalue weighted by molar-refractivity contribution is 1.61. The maximum Gasteiger partial charge on any atom is -0.00926 e. The molecule has 10 aromatic carbocycles. The minimum atomic E-state index is 1.22. The van der Waals surface area contributed by atoms with Crippen molar-refractivity contribution in [3.05, 3.63) is 194 Å².